The number of hydrogen-bond donors (Lipinski definition) is 1. The molecule has 8 nitrogen and oxygen atoms in total. The van der Waals surface area contributed by atoms with E-state index in [0.29, 0.717) is 17.2 Å². The number of nitrogens with one attached hydrogen (secondary N) is 1. The molecule has 1 fully saturated rings. The number of carbonyl (C=O) groups is 1. The lowest BCUT2D eigenvalue weighted by Crippen LogP contribution is -2.34. The van der Waals surface area contributed by atoms with Crippen molar-refractivity contribution in [3.8, 4) is 0 Å². The third-order valence-corrected chi connectivity index (χ3v) is 5.40. The van der Waals surface area contributed by atoms with Crippen LogP contribution in [0.5, 0.6) is 0 Å². The second kappa shape index (κ2) is 10.1. The maximum absolute atomic E-state index is 13.8. The molecule has 3 aromatic rings. The van der Waals surface area contributed by atoms with Crippen LogP contribution >= 0.6 is 11.6 Å². The summed E-state index contributed by atoms with van der Waals surface area (Å²) >= 11 is 5.87. The van der Waals surface area contributed by atoms with E-state index >= 15 is 0 Å². The molecule has 1 saturated heterocycles. The summed E-state index contributed by atoms with van der Waals surface area (Å²) in [6, 6.07) is 15.6. The molecule has 1 N–H and O–H groups in total. The van der Waals surface area contributed by atoms with Crippen LogP contribution in [0.1, 0.15) is 28.6 Å². The Labute approximate surface area is 192 Å². The SMILES string of the molecule is O=C(O[C@H]1C[C@H](n2cc(F)c(=O)[nH]c2=O)O[C@@H]1COCc1ccccc1)c1ccc(Cl)cc1. The maximum atomic E-state index is 13.8. The van der Waals surface area contributed by atoms with E-state index in [1.165, 1.54) is 12.1 Å². The van der Waals surface area contributed by atoms with Crippen LogP contribution in [-0.4, -0.2) is 34.3 Å². The number of carbonyl (C=O) groups excluding carboxylic acids is 1. The molecular formula is C23H20ClFN2O6. The summed E-state index contributed by atoms with van der Waals surface area (Å²) in [5, 5.41) is 0.475. The molecule has 33 heavy (non-hydrogen) atoms. The smallest absolute Gasteiger partial charge is 0.338 e. The molecule has 0 amide bonds. The van der Waals surface area contributed by atoms with Gasteiger partial charge in [-0.3, -0.25) is 14.3 Å². The summed E-state index contributed by atoms with van der Waals surface area (Å²) in [4.78, 5) is 38.1. The first-order valence-electron chi connectivity index (χ1n) is 10.2. The van der Waals surface area contributed by atoms with Crippen molar-refractivity contribution in [2.24, 2.45) is 0 Å². The fraction of sp³-hybridized carbons (Fsp3) is 0.261. The molecule has 172 valence electrons. The van der Waals surface area contributed by atoms with E-state index in [1.807, 2.05) is 35.3 Å². The number of ether oxygens (including phenoxy) is 3. The van der Waals surface area contributed by atoms with E-state index in [4.69, 9.17) is 25.8 Å². The molecule has 3 atom stereocenters. The Balaban J connectivity index is 1.50. The van der Waals surface area contributed by atoms with Crippen molar-refractivity contribution in [2.45, 2.75) is 31.5 Å². The van der Waals surface area contributed by atoms with Gasteiger partial charge in [-0.2, -0.15) is 4.39 Å². The van der Waals surface area contributed by atoms with Gasteiger partial charge in [0.2, 0.25) is 5.82 Å². The zero-order valence-corrected chi connectivity index (χ0v) is 18.0. The largest absolute Gasteiger partial charge is 0.456 e. The summed E-state index contributed by atoms with van der Waals surface area (Å²) < 4.78 is 32.0. The van der Waals surface area contributed by atoms with E-state index in [-0.39, 0.29) is 13.0 Å². The molecule has 10 heteroatoms. The van der Waals surface area contributed by atoms with Crippen LogP contribution in [0, 0.1) is 5.82 Å². The van der Waals surface area contributed by atoms with Crippen molar-refractivity contribution in [3.63, 3.8) is 0 Å². The Morgan fingerprint density at radius 1 is 1.15 bits per heavy atom. The summed E-state index contributed by atoms with van der Waals surface area (Å²) in [5.74, 6) is -1.73. The second-order valence-corrected chi connectivity index (χ2v) is 7.90. The molecule has 4 rings (SSSR count). The number of benzene rings is 2. The van der Waals surface area contributed by atoms with Gasteiger partial charge in [0.1, 0.15) is 18.4 Å². The average molecular weight is 475 g/mol. The molecular weight excluding hydrogens is 455 g/mol. The van der Waals surface area contributed by atoms with Crippen molar-refractivity contribution < 1.29 is 23.4 Å². The second-order valence-electron chi connectivity index (χ2n) is 7.46. The molecule has 1 aliphatic heterocycles. The number of hydrogen-bond acceptors (Lipinski definition) is 6. The highest BCUT2D eigenvalue weighted by molar-refractivity contribution is 6.30. The normalized spacial score (nSPS) is 20.0. The molecule has 1 aliphatic rings. The zero-order chi connectivity index (χ0) is 23.4. The topological polar surface area (TPSA) is 99.6 Å². The first-order valence-corrected chi connectivity index (χ1v) is 10.5. The molecule has 0 radical (unpaired) electrons. The Bertz CT molecular complexity index is 1230. The summed E-state index contributed by atoms with van der Waals surface area (Å²) in [7, 11) is 0. The lowest BCUT2D eigenvalue weighted by molar-refractivity contribution is -0.0712. The van der Waals surface area contributed by atoms with Gasteiger partial charge in [0.05, 0.1) is 25.0 Å². The van der Waals surface area contributed by atoms with Crippen LogP contribution in [0.2, 0.25) is 5.02 Å². The Morgan fingerprint density at radius 3 is 2.61 bits per heavy atom. The van der Waals surface area contributed by atoms with Gasteiger partial charge < -0.3 is 14.2 Å². The van der Waals surface area contributed by atoms with Crippen LogP contribution in [-0.2, 0) is 20.8 Å². The lowest BCUT2D eigenvalue weighted by Gasteiger charge is -2.19. The standard InChI is InChI=1S/C23H20ClFN2O6/c24-16-8-6-15(7-9-16)22(29)33-18-10-20(27-11-17(25)21(28)26-23(27)30)32-19(18)13-31-12-14-4-2-1-3-5-14/h1-9,11,18-20H,10,12-13H2,(H,26,28,30)/t18-,19+,20+/m0/s1. The highest BCUT2D eigenvalue weighted by Gasteiger charge is 2.40. The van der Waals surface area contributed by atoms with Gasteiger partial charge in [-0.05, 0) is 29.8 Å². The molecule has 0 unspecified atom stereocenters. The lowest BCUT2D eigenvalue weighted by atomic mass is 10.1. The minimum absolute atomic E-state index is 0.0596. The number of aromatic nitrogens is 2. The van der Waals surface area contributed by atoms with Crippen LogP contribution in [0.3, 0.4) is 0 Å². The van der Waals surface area contributed by atoms with Crippen molar-refractivity contribution >= 4 is 17.6 Å². The van der Waals surface area contributed by atoms with Crippen LogP contribution in [0.15, 0.2) is 70.4 Å². The van der Waals surface area contributed by atoms with E-state index < -0.39 is 41.5 Å². The van der Waals surface area contributed by atoms with Crippen molar-refractivity contribution in [1.29, 1.82) is 0 Å². The maximum Gasteiger partial charge on any atom is 0.338 e. The summed E-state index contributed by atoms with van der Waals surface area (Å²) in [6.45, 7) is 0.362. The van der Waals surface area contributed by atoms with Crippen LogP contribution < -0.4 is 11.2 Å². The third kappa shape index (κ3) is 5.57. The van der Waals surface area contributed by atoms with E-state index in [9.17, 15) is 18.8 Å². The predicted octanol–water partition coefficient (Wildman–Crippen LogP) is 3.06. The average Bonchev–Trinajstić information content (AvgIpc) is 3.19. The molecule has 0 saturated carbocycles. The number of rotatable bonds is 7. The van der Waals surface area contributed by atoms with Gasteiger partial charge in [-0.1, -0.05) is 41.9 Å². The molecule has 0 bridgehead atoms. The first kappa shape index (κ1) is 22.9. The van der Waals surface area contributed by atoms with Gasteiger partial charge in [-0.15, -0.1) is 0 Å². The van der Waals surface area contributed by atoms with E-state index in [2.05, 4.69) is 0 Å². The molecule has 0 aliphatic carbocycles. The fourth-order valence-electron chi connectivity index (χ4n) is 3.48. The van der Waals surface area contributed by atoms with Crippen molar-refractivity contribution in [2.75, 3.05) is 6.61 Å². The molecule has 2 heterocycles. The Morgan fingerprint density at radius 2 is 1.88 bits per heavy atom. The quantitative estimate of drug-likeness (QED) is 0.528. The van der Waals surface area contributed by atoms with Gasteiger partial charge in [0.15, 0.2) is 0 Å². The number of nitrogens with zero attached hydrogens (tertiary/aromatic N) is 1. The summed E-state index contributed by atoms with van der Waals surface area (Å²) in [6.07, 6.45) is -1.63. The van der Waals surface area contributed by atoms with Crippen molar-refractivity contribution in [3.05, 3.63) is 104 Å². The number of aromatic amines is 1. The molecule has 1 aromatic heterocycles. The van der Waals surface area contributed by atoms with E-state index in [1.54, 1.807) is 12.1 Å². The van der Waals surface area contributed by atoms with Crippen LogP contribution in [0.4, 0.5) is 4.39 Å². The van der Waals surface area contributed by atoms with Gasteiger partial charge in [-0.25, -0.2) is 9.59 Å². The minimum atomic E-state index is -1.13. The Hall–Kier alpha value is -3.27. The monoisotopic (exact) mass is 474 g/mol. The number of H-pyrrole nitrogens is 1. The van der Waals surface area contributed by atoms with Gasteiger partial charge in [0, 0.05) is 11.4 Å². The van der Waals surface area contributed by atoms with Crippen molar-refractivity contribution in [1.82, 2.24) is 9.55 Å². The molecule has 0 spiro atoms. The number of halogens is 2. The van der Waals surface area contributed by atoms with E-state index in [0.717, 1.165) is 16.3 Å². The highest BCUT2D eigenvalue weighted by Crippen LogP contribution is 2.31. The zero-order valence-electron chi connectivity index (χ0n) is 17.3. The summed E-state index contributed by atoms with van der Waals surface area (Å²) in [5.41, 5.74) is -0.720. The minimum Gasteiger partial charge on any atom is -0.456 e. The third-order valence-electron chi connectivity index (χ3n) is 5.15. The Kier molecular flexibility index (Phi) is 7.02. The predicted molar refractivity (Wildman–Crippen MR) is 117 cm³/mol. The van der Waals surface area contributed by atoms with Gasteiger partial charge in [0.25, 0.3) is 5.56 Å². The number of esters is 1. The molecule has 2 aromatic carbocycles. The van der Waals surface area contributed by atoms with Crippen LogP contribution in [0.25, 0.3) is 0 Å². The fourth-order valence-corrected chi connectivity index (χ4v) is 3.60. The first-order chi connectivity index (χ1) is 15.9. The van der Waals surface area contributed by atoms with Gasteiger partial charge >= 0.3 is 11.7 Å². The highest BCUT2D eigenvalue weighted by atomic mass is 35.5.